The van der Waals surface area contributed by atoms with E-state index >= 15 is 0 Å². The minimum Gasteiger partial charge on any atom is -0.497 e. The maximum atomic E-state index is 5.35. The number of fused-ring (bicyclic) bond motifs is 1. The molecule has 2 aromatic rings. The van der Waals surface area contributed by atoms with E-state index in [9.17, 15) is 0 Å². The van der Waals surface area contributed by atoms with Crippen LogP contribution in [-0.4, -0.2) is 23.9 Å². The second-order valence-corrected chi connectivity index (χ2v) is 4.92. The average Bonchev–Trinajstić information content (AvgIpc) is 2.99. The summed E-state index contributed by atoms with van der Waals surface area (Å²) < 4.78 is 7.41. The zero-order valence-corrected chi connectivity index (χ0v) is 11.3. The van der Waals surface area contributed by atoms with Crippen LogP contribution < -0.4 is 10.1 Å². The predicted molar refractivity (Wildman–Crippen MR) is 74.4 cm³/mol. The van der Waals surface area contributed by atoms with Crippen molar-refractivity contribution >= 4 is 0 Å². The summed E-state index contributed by atoms with van der Waals surface area (Å²) in [7, 11) is 3.72. The van der Waals surface area contributed by atoms with Crippen molar-refractivity contribution in [2.75, 3.05) is 14.2 Å². The van der Waals surface area contributed by atoms with Gasteiger partial charge in [0.1, 0.15) is 5.75 Å². The van der Waals surface area contributed by atoms with Crippen LogP contribution in [0.4, 0.5) is 0 Å². The van der Waals surface area contributed by atoms with Gasteiger partial charge in [0.2, 0.25) is 0 Å². The molecule has 1 aromatic heterocycles. The first-order chi connectivity index (χ1) is 9.33. The van der Waals surface area contributed by atoms with E-state index in [2.05, 4.69) is 27.2 Å². The van der Waals surface area contributed by atoms with Crippen molar-refractivity contribution in [1.29, 1.82) is 0 Å². The number of hydrogen-bond donors (Lipinski definition) is 1. The number of likely N-dealkylation sites (N-methyl/N-ethyl adjacent to an activating group) is 1. The number of nitrogens with zero attached hydrogens (tertiary/aromatic N) is 2. The maximum absolute atomic E-state index is 5.35. The van der Waals surface area contributed by atoms with Crippen molar-refractivity contribution in [3.63, 3.8) is 0 Å². The normalized spacial score (nSPS) is 22.0. The molecule has 0 aliphatic heterocycles. The van der Waals surface area contributed by atoms with Crippen molar-refractivity contribution in [2.24, 2.45) is 0 Å². The van der Waals surface area contributed by atoms with Gasteiger partial charge < -0.3 is 10.1 Å². The third-order valence-electron chi connectivity index (χ3n) is 3.96. The predicted octanol–water partition coefficient (Wildman–Crippen LogP) is 2.34. The summed E-state index contributed by atoms with van der Waals surface area (Å²) in [5.74, 6) is 0.917. The molecular formula is C15H19N3O. The van der Waals surface area contributed by atoms with Crippen LogP contribution >= 0.6 is 0 Å². The summed E-state index contributed by atoms with van der Waals surface area (Å²) in [6.45, 7) is 0. The van der Waals surface area contributed by atoms with Gasteiger partial charge in [0.05, 0.1) is 19.2 Å². The average molecular weight is 257 g/mol. The van der Waals surface area contributed by atoms with Crippen molar-refractivity contribution in [3.8, 4) is 5.75 Å². The number of aryl methyl sites for hydroxylation is 1. The van der Waals surface area contributed by atoms with E-state index in [1.807, 2.05) is 31.6 Å². The Balaban J connectivity index is 2.01. The number of rotatable bonds is 3. The van der Waals surface area contributed by atoms with Crippen molar-refractivity contribution < 1.29 is 4.74 Å². The second-order valence-electron chi connectivity index (χ2n) is 4.92. The van der Waals surface area contributed by atoms with E-state index in [1.165, 1.54) is 11.1 Å². The number of hydrogen-bond acceptors (Lipinski definition) is 3. The SMILES string of the molecule is CNC1c2cc(OC)ccc2CCC1n1cccn1. The molecule has 1 aliphatic carbocycles. The fourth-order valence-electron chi connectivity index (χ4n) is 3.00. The highest BCUT2D eigenvalue weighted by Gasteiger charge is 2.30. The van der Waals surface area contributed by atoms with Gasteiger partial charge in [-0.2, -0.15) is 5.10 Å². The van der Waals surface area contributed by atoms with Gasteiger partial charge in [-0.1, -0.05) is 6.07 Å². The summed E-state index contributed by atoms with van der Waals surface area (Å²) in [6.07, 6.45) is 6.07. The molecule has 1 aliphatic rings. The van der Waals surface area contributed by atoms with Crippen LogP contribution in [0.3, 0.4) is 0 Å². The van der Waals surface area contributed by atoms with E-state index in [4.69, 9.17) is 4.74 Å². The van der Waals surface area contributed by atoms with Crippen molar-refractivity contribution in [3.05, 3.63) is 47.8 Å². The largest absolute Gasteiger partial charge is 0.497 e. The zero-order valence-electron chi connectivity index (χ0n) is 11.3. The Morgan fingerprint density at radius 2 is 2.32 bits per heavy atom. The molecule has 0 bridgehead atoms. The number of benzene rings is 1. The Morgan fingerprint density at radius 1 is 1.42 bits per heavy atom. The molecule has 4 heteroatoms. The van der Waals surface area contributed by atoms with Gasteiger partial charge in [-0.3, -0.25) is 4.68 Å². The van der Waals surface area contributed by atoms with Gasteiger partial charge in [-0.05, 0) is 49.2 Å². The Hall–Kier alpha value is -1.81. The van der Waals surface area contributed by atoms with Crippen LogP contribution in [0.25, 0.3) is 0 Å². The second kappa shape index (κ2) is 5.05. The summed E-state index contributed by atoms with van der Waals surface area (Å²) in [5, 5.41) is 7.83. The van der Waals surface area contributed by atoms with E-state index in [0.29, 0.717) is 6.04 Å². The summed E-state index contributed by atoms with van der Waals surface area (Å²) >= 11 is 0. The first-order valence-electron chi connectivity index (χ1n) is 6.66. The highest BCUT2D eigenvalue weighted by molar-refractivity contribution is 5.40. The third-order valence-corrected chi connectivity index (χ3v) is 3.96. The molecule has 0 saturated carbocycles. The van der Waals surface area contributed by atoms with Crippen LogP contribution in [0.5, 0.6) is 5.75 Å². The molecule has 0 fully saturated rings. The van der Waals surface area contributed by atoms with E-state index in [1.54, 1.807) is 7.11 Å². The van der Waals surface area contributed by atoms with E-state index in [-0.39, 0.29) is 6.04 Å². The molecule has 1 heterocycles. The topological polar surface area (TPSA) is 39.1 Å². The lowest BCUT2D eigenvalue weighted by Gasteiger charge is -2.33. The lowest BCUT2D eigenvalue weighted by molar-refractivity contribution is 0.307. The molecule has 0 saturated heterocycles. The molecule has 3 rings (SSSR count). The molecule has 1 aromatic carbocycles. The highest BCUT2D eigenvalue weighted by atomic mass is 16.5. The summed E-state index contributed by atoms with van der Waals surface area (Å²) in [4.78, 5) is 0. The Morgan fingerprint density at radius 3 is 3.00 bits per heavy atom. The van der Waals surface area contributed by atoms with Gasteiger partial charge in [0.15, 0.2) is 0 Å². The summed E-state index contributed by atoms with van der Waals surface area (Å²) in [5.41, 5.74) is 2.73. The first-order valence-corrected chi connectivity index (χ1v) is 6.66. The van der Waals surface area contributed by atoms with Crippen LogP contribution in [0, 0.1) is 0 Å². The molecule has 0 spiro atoms. The Kier molecular flexibility index (Phi) is 3.25. The monoisotopic (exact) mass is 257 g/mol. The number of ether oxygens (including phenoxy) is 1. The van der Waals surface area contributed by atoms with Gasteiger partial charge in [-0.15, -0.1) is 0 Å². The molecule has 2 atom stereocenters. The van der Waals surface area contributed by atoms with Gasteiger partial charge >= 0.3 is 0 Å². The third kappa shape index (κ3) is 2.12. The Bertz CT molecular complexity index is 551. The summed E-state index contributed by atoms with van der Waals surface area (Å²) in [6, 6.07) is 8.98. The zero-order chi connectivity index (χ0) is 13.2. The molecule has 0 amide bonds. The van der Waals surface area contributed by atoms with Gasteiger partial charge in [0.25, 0.3) is 0 Å². The minimum absolute atomic E-state index is 0.277. The first kappa shape index (κ1) is 12.2. The maximum Gasteiger partial charge on any atom is 0.119 e. The smallest absolute Gasteiger partial charge is 0.119 e. The van der Waals surface area contributed by atoms with Crippen LogP contribution in [0.1, 0.15) is 29.6 Å². The molecule has 19 heavy (non-hydrogen) atoms. The number of methoxy groups -OCH3 is 1. The fourth-order valence-corrected chi connectivity index (χ4v) is 3.00. The quantitative estimate of drug-likeness (QED) is 0.917. The molecule has 0 radical (unpaired) electrons. The Labute approximate surface area is 113 Å². The molecule has 4 nitrogen and oxygen atoms in total. The van der Waals surface area contributed by atoms with Gasteiger partial charge in [-0.25, -0.2) is 0 Å². The standard InChI is InChI=1S/C15H19N3O/c1-16-15-13-10-12(19-2)6-4-11(13)5-7-14(15)18-9-3-8-17-18/h3-4,6,8-10,14-16H,5,7H2,1-2H3. The van der Waals surface area contributed by atoms with Crippen molar-refractivity contribution in [1.82, 2.24) is 15.1 Å². The van der Waals surface area contributed by atoms with Crippen LogP contribution in [-0.2, 0) is 6.42 Å². The molecular weight excluding hydrogens is 238 g/mol. The lowest BCUT2D eigenvalue weighted by atomic mass is 9.84. The number of nitrogens with one attached hydrogen (secondary N) is 1. The molecule has 100 valence electrons. The minimum atomic E-state index is 0.277. The van der Waals surface area contributed by atoms with Gasteiger partial charge in [0, 0.05) is 12.4 Å². The van der Waals surface area contributed by atoms with E-state index in [0.717, 1.165) is 18.6 Å². The van der Waals surface area contributed by atoms with E-state index < -0.39 is 0 Å². The highest BCUT2D eigenvalue weighted by Crippen LogP contribution is 2.38. The molecule has 1 N–H and O–H groups in total. The number of aromatic nitrogens is 2. The fraction of sp³-hybridized carbons (Fsp3) is 0.400. The van der Waals surface area contributed by atoms with Crippen LogP contribution in [0.15, 0.2) is 36.7 Å². The lowest BCUT2D eigenvalue weighted by Crippen LogP contribution is -2.32. The van der Waals surface area contributed by atoms with Crippen molar-refractivity contribution in [2.45, 2.75) is 24.9 Å². The molecule has 2 unspecified atom stereocenters. The van der Waals surface area contributed by atoms with Crippen LogP contribution in [0.2, 0.25) is 0 Å².